The van der Waals surface area contributed by atoms with Gasteiger partial charge in [-0.1, -0.05) is 24.3 Å². The van der Waals surface area contributed by atoms with Crippen molar-refractivity contribution in [2.24, 2.45) is 0 Å². The molecule has 4 rings (SSSR count). The van der Waals surface area contributed by atoms with Crippen molar-refractivity contribution < 1.29 is 13.9 Å². The number of carbonyl (C=O) groups is 1. The molecule has 1 heterocycles. The van der Waals surface area contributed by atoms with Crippen LogP contribution < -0.4 is 15.4 Å². The Hall–Kier alpha value is -3.78. The molecule has 0 aliphatic carbocycles. The van der Waals surface area contributed by atoms with Crippen LogP contribution in [0, 0.1) is 0 Å². The SMILES string of the molecule is CCOc1cc2ccccc2cc1C(=O)NC(=S)Nc1ccc(-c2nnco2)cc1. The maximum atomic E-state index is 12.8. The summed E-state index contributed by atoms with van der Waals surface area (Å²) >= 11 is 5.30. The number of thiocarbonyl (C=S) groups is 1. The lowest BCUT2D eigenvalue weighted by molar-refractivity contribution is 0.0974. The van der Waals surface area contributed by atoms with Crippen LogP contribution in [0.5, 0.6) is 5.75 Å². The summed E-state index contributed by atoms with van der Waals surface area (Å²) in [5.41, 5.74) is 1.92. The number of hydrogen-bond donors (Lipinski definition) is 2. The molecule has 30 heavy (non-hydrogen) atoms. The third-order valence-electron chi connectivity index (χ3n) is 4.37. The second kappa shape index (κ2) is 8.71. The predicted molar refractivity (Wildman–Crippen MR) is 119 cm³/mol. The first-order valence-corrected chi connectivity index (χ1v) is 9.69. The van der Waals surface area contributed by atoms with Gasteiger partial charge in [0.15, 0.2) is 5.11 Å². The van der Waals surface area contributed by atoms with E-state index >= 15 is 0 Å². The highest BCUT2D eigenvalue weighted by Crippen LogP contribution is 2.26. The van der Waals surface area contributed by atoms with Gasteiger partial charge in [0.25, 0.3) is 5.91 Å². The fourth-order valence-electron chi connectivity index (χ4n) is 3.00. The van der Waals surface area contributed by atoms with E-state index < -0.39 is 0 Å². The van der Waals surface area contributed by atoms with Crippen molar-refractivity contribution in [2.45, 2.75) is 6.92 Å². The molecule has 3 aromatic carbocycles. The van der Waals surface area contributed by atoms with Gasteiger partial charge < -0.3 is 14.5 Å². The van der Waals surface area contributed by atoms with Crippen molar-refractivity contribution in [1.82, 2.24) is 15.5 Å². The Balaban J connectivity index is 1.48. The summed E-state index contributed by atoms with van der Waals surface area (Å²) in [7, 11) is 0. The van der Waals surface area contributed by atoms with Gasteiger partial charge in [-0.15, -0.1) is 10.2 Å². The first-order valence-electron chi connectivity index (χ1n) is 9.28. The molecular weight excluding hydrogens is 400 g/mol. The quantitative estimate of drug-likeness (QED) is 0.464. The number of amides is 1. The molecule has 0 aliphatic heterocycles. The summed E-state index contributed by atoms with van der Waals surface area (Å²) in [6.07, 6.45) is 1.27. The Morgan fingerprint density at radius 2 is 1.83 bits per heavy atom. The minimum Gasteiger partial charge on any atom is -0.493 e. The van der Waals surface area contributed by atoms with Gasteiger partial charge in [-0.05, 0) is 66.3 Å². The van der Waals surface area contributed by atoms with E-state index in [4.69, 9.17) is 21.4 Å². The summed E-state index contributed by atoms with van der Waals surface area (Å²) in [5.74, 6) is 0.599. The molecule has 7 nitrogen and oxygen atoms in total. The van der Waals surface area contributed by atoms with Crippen LogP contribution in [0.4, 0.5) is 5.69 Å². The summed E-state index contributed by atoms with van der Waals surface area (Å²) in [5, 5.41) is 15.4. The molecule has 0 bridgehead atoms. The molecular formula is C22H18N4O3S. The zero-order chi connectivity index (χ0) is 20.9. The zero-order valence-corrected chi connectivity index (χ0v) is 16.9. The van der Waals surface area contributed by atoms with Gasteiger partial charge in [0, 0.05) is 11.3 Å². The molecule has 1 amide bonds. The van der Waals surface area contributed by atoms with Crippen molar-refractivity contribution in [2.75, 3.05) is 11.9 Å². The van der Waals surface area contributed by atoms with Crippen LogP contribution in [0.1, 0.15) is 17.3 Å². The maximum Gasteiger partial charge on any atom is 0.261 e. The van der Waals surface area contributed by atoms with E-state index in [9.17, 15) is 4.79 Å². The number of ether oxygens (including phenoxy) is 1. The number of carbonyl (C=O) groups excluding carboxylic acids is 1. The van der Waals surface area contributed by atoms with E-state index in [0.29, 0.717) is 29.5 Å². The van der Waals surface area contributed by atoms with Crippen LogP contribution in [0.3, 0.4) is 0 Å². The Morgan fingerprint density at radius 3 is 2.50 bits per heavy atom. The highest BCUT2D eigenvalue weighted by atomic mass is 32.1. The lowest BCUT2D eigenvalue weighted by atomic mass is 10.1. The topological polar surface area (TPSA) is 89.3 Å². The van der Waals surface area contributed by atoms with E-state index in [0.717, 1.165) is 16.3 Å². The van der Waals surface area contributed by atoms with Gasteiger partial charge >= 0.3 is 0 Å². The van der Waals surface area contributed by atoms with Crippen LogP contribution in [0.15, 0.2) is 71.5 Å². The van der Waals surface area contributed by atoms with E-state index in [1.165, 1.54) is 6.39 Å². The second-order valence-corrected chi connectivity index (χ2v) is 6.77. The minimum absolute atomic E-state index is 0.182. The van der Waals surface area contributed by atoms with E-state index in [2.05, 4.69) is 20.8 Å². The molecule has 0 saturated heterocycles. The van der Waals surface area contributed by atoms with Crippen molar-refractivity contribution in [3.8, 4) is 17.2 Å². The molecule has 8 heteroatoms. The summed E-state index contributed by atoms with van der Waals surface area (Å²) < 4.78 is 10.8. The maximum absolute atomic E-state index is 12.8. The molecule has 0 aliphatic rings. The van der Waals surface area contributed by atoms with Crippen molar-refractivity contribution in [1.29, 1.82) is 0 Å². The highest BCUT2D eigenvalue weighted by molar-refractivity contribution is 7.80. The summed E-state index contributed by atoms with van der Waals surface area (Å²) in [6, 6.07) is 18.7. The first kappa shape index (κ1) is 19.5. The first-order chi connectivity index (χ1) is 14.6. The Morgan fingerprint density at radius 1 is 1.10 bits per heavy atom. The number of aromatic nitrogens is 2. The Labute approximate surface area is 178 Å². The van der Waals surface area contributed by atoms with Crippen LogP contribution in [0.25, 0.3) is 22.2 Å². The Kier molecular flexibility index (Phi) is 5.67. The average Bonchev–Trinajstić information content (AvgIpc) is 3.29. The fourth-order valence-corrected chi connectivity index (χ4v) is 3.21. The highest BCUT2D eigenvalue weighted by Gasteiger charge is 2.15. The van der Waals surface area contributed by atoms with Crippen LogP contribution >= 0.6 is 12.2 Å². The molecule has 0 atom stereocenters. The smallest absolute Gasteiger partial charge is 0.261 e. The standard InChI is InChI=1S/C22H18N4O3S/c1-2-28-19-12-16-6-4-3-5-15(16)11-18(19)20(27)25-22(30)24-17-9-7-14(8-10-17)21-26-23-13-29-21/h3-13H,2H2,1H3,(H2,24,25,27,30). The van der Waals surface area contributed by atoms with Gasteiger partial charge in [0.1, 0.15) is 5.75 Å². The molecule has 0 spiro atoms. The monoisotopic (exact) mass is 418 g/mol. The molecule has 0 fully saturated rings. The van der Waals surface area contributed by atoms with Crippen molar-refractivity contribution in [3.05, 3.63) is 72.6 Å². The number of hydrogen-bond acceptors (Lipinski definition) is 6. The minimum atomic E-state index is -0.343. The van der Waals surface area contributed by atoms with Crippen LogP contribution in [-0.2, 0) is 0 Å². The fraction of sp³-hybridized carbons (Fsp3) is 0.0909. The van der Waals surface area contributed by atoms with Gasteiger partial charge in [0.05, 0.1) is 12.2 Å². The van der Waals surface area contributed by atoms with E-state index in [1.807, 2.05) is 49.4 Å². The number of anilines is 1. The second-order valence-electron chi connectivity index (χ2n) is 6.36. The van der Waals surface area contributed by atoms with Crippen molar-refractivity contribution >= 4 is 39.7 Å². The largest absolute Gasteiger partial charge is 0.493 e. The molecule has 4 aromatic rings. The molecule has 2 N–H and O–H groups in total. The van der Waals surface area contributed by atoms with Gasteiger partial charge in [-0.25, -0.2) is 0 Å². The number of nitrogens with zero attached hydrogens (tertiary/aromatic N) is 2. The molecule has 0 saturated carbocycles. The normalized spacial score (nSPS) is 10.6. The number of rotatable bonds is 5. The van der Waals surface area contributed by atoms with Gasteiger partial charge in [0.2, 0.25) is 12.3 Å². The molecule has 0 radical (unpaired) electrons. The lowest BCUT2D eigenvalue weighted by Crippen LogP contribution is -2.34. The van der Waals surface area contributed by atoms with Gasteiger partial charge in [-0.2, -0.15) is 0 Å². The van der Waals surface area contributed by atoms with Gasteiger partial charge in [-0.3, -0.25) is 10.1 Å². The number of nitrogens with one attached hydrogen (secondary N) is 2. The summed E-state index contributed by atoms with van der Waals surface area (Å²) in [4.78, 5) is 12.8. The third kappa shape index (κ3) is 4.28. The average molecular weight is 418 g/mol. The molecule has 0 unspecified atom stereocenters. The molecule has 1 aromatic heterocycles. The third-order valence-corrected chi connectivity index (χ3v) is 4.57. The summed E-state index contributed by atoms with van der Waals surface area (Å²) in [6.45, 7) is 2.33. The number of fused-ring (bicyclic) bond motifs is 1. The predicted octanol–water partition coefficient (Wildman–Crippen LogP) is 4.42. The van der Waals surface area contributed by atoms with Crippen LogP contribution in [0.2, 0.25) is 0 Å². The molecule has 150 valence electrons. The Bertz CT molecular complexity index is 1190. The number of benzene rings is 3. The van der Waals surface area contributed by atoms with E-state index in [-0.39, 0.29) is 11.0 Å². The lowest BCUT2D eigenvalue weighted by Gasteiger charge is -2.14. The van der Waals surface area contributed by atoms with Crippen molar-refractivity contribution in [3.63, 3.8) is 0 Å². The van der Waals surface area contributed by atoms with E-state index in [1.54, 1.807) is 18.2 Å². The van der Waals surface area contributed by atoms with Crippen LogP contribution in [-0.4, -0.2) is 27.8 Å². The zero-order valence-electron chi connectivity index (χ0n) is 16.1.